The molecule has 40 heavy (non-hydrogen) atoms. The molecule has 0 aromatic heterocycles. The van der Waals surface area contributed by atoms with Gasteiger partial charge in [0.15, 0.2) is 0 Å². The van der Waals surface area contributed by atoms with Crippen molar-refractivity contribution in [3.63, 3.8) is 0 Å². The third-order valence-electron chi connectivity index (χ3n) is 5.98. The molecule has 0 spiro atoms. The van der Waals surface area contributed by atoms with Crippen LogP contribution in [0, 0.1) is 32.5 Å². The molecule has 7 heteroatoms. The second-order valence-corrected chi connectivity index (χ2v) is 16.6. The molecule has 0 unspecified atom stereocenters. The Morgan fingerprint density at radius 2 is 0.350 bits per heavy atom. The van der Waals surface area contributed by atoms with Gasteiger partial charge in [0.05, 0.1) is 19.3 Å². The maximum absolute atomic E-state index is 11.5. The summed E-state index contributed by atoms with van der Waals surface area (Å²) >= 11 is 0. The van der Waals surface area contributed by atoms with E-state index in [2.05, 4.69) is 0 Å². The summed E-state index contributed by atoms with van der Waals surface area (Å²) in [5, 5.41) is 0. The van der Waals surface area contributed by atoms with E-state index in [4.69, 9.17) is 0 Å². The molecule has 0 radical (unpaired) electrons. The predicted molar refractivity (Wildman–Crippen MR) is 161 cm³/mol. The Morgan fingerprint density at radius 3 is 0.400 bits per heavy atom. The SMILES string of the molecule is CC(C)(C)C(=O)CC(=O)C(C)(C)C.CC(C)(C)C(=O)CC(=O)C(C)(C)C.CC(C)(C)C(=O)CC(=O)C(C)(C)C.[Mn+3]. The van der Waals surface area contributed by atoms with E-state index in [9.17, 15) is 28.8 Å². The fraction of sp³-hybridized carbons (Fsp3) is 0.818. The van der Waals surface area contributed by atoms with Crippen molar-refractivity contribution < 1.29 is 45.8 Å². The van der Waals surface area contributed by atoms with Gasteiger partial charge in [0, 0.05) is 32.5 Å². The van der Waals surface area contributed by atoms with Crippen LogP contribution in [0.25, 0.3) is 0 Å². The van der Waals surface area contributed by atoms with E-state index in [1.54, 1.807) is 0 Å². The van der Waals surface area contributed by atoms with Crippen LogP contribution in [0.1, 0.15) is 144 Å². The molecule has 0 amide bonds. The first-order valence-electron chi connectivity index (χ1n) is 13.8. The Balaban J connectivity index is -0.000000240. The van der Waals surface area contributed by atoms with Crippen LogP contribution in [0.2, 0.25) is 0 Å². The fourth-order valence-corrected chi connectivity index (χ4v) is 2.03. The third-order valence-corrected chi connectivity index (χ3v) is 5.98. The molecule has 0 saturated heterocycles. The third kappa shape index (κ3) is 21.3. The minimum atomic E-state index is -0.402. The van der Waals surface area contributed by atoms with Crippen LogP contribution in [0.3, 0.4) is 0 Å². The van der Waals surface area contributed by atoms with E-state index in [-0.39, 0.29) is 71.0 Å². The van der Waals surface area contributed by atoms with Crippen molar-refractivity contribution in [2.45, 2.75) is 144 Å². The standard InChI is InChI=1S/3C11H20O2.Mn/c3*1-10(2,3)8(12)7-9(13)11(4,5)6;/h3*7H2,1-6H3;/q;;;+3. The predicted octanol–water partition coefficient (Wildman–Crippen LogP) is 7.82. The Morgan fingerprint density at radius 1 is 0.275 bits per heavy atom. The van der Waals surface area contributed by atoms with Gasteiger partial charge in [-0.3, -0.25) is 28.8 Å². The van der Waals surface area contributed by atoms with Crippen molar-refractivity contribution in [3.8, 4) is 0 Å². The molecule has 0 aliphatic carbocycles. The van der Waals surface area contributed by atoms with Gasteiger partial charge in [-0.2, -0.15) is 0 Å². The number of hydrogen-bond donors (Lipinski definition) is 0. The molecular weight excluding hydrogens is 547 g/mol. The second kappa shape index (κ2) is 16.2. The largest absolute Gasteiger partial charge is 3.00 e. The smallest absolute Gasteiger partial charge is 0.299 e. The second-order valence-electron chi connectivity index (χ2n) is 16.6. The van der Waals surface area contributed by atoms with Crippen LogP contribution in [0.5, 0.6) is 0 Å². The van der Waals surface area contributed by atoms with Gasteiger partial charge in [0.25, 0.3) is 0 Å². The van der Waals surface area contributed by atoms with E-state index in [0.717, 1.165) is 0 Å². The van der Waals surface area contributed by atoms with Crippen molar-refractivity contribution in [2.24, 2.45) is 32.5 Å². The molecular formula is C33H60MnO6+3. The number of ketones is 6. The first kappa shape index (κ1) is 45.5. The molecule has 0 bridgehead atoms. The average molecular weight is 608 g/mol. The molecule has 232 valence electrons. The summed E-state index contributed by atoms with van der Waals surface area (Å²) in [4.78, 5) is 69.0. The summed E-state index contributed by atoms with van der Waals surface area (Å²) in [6, 6.07) is 0. The molecule has 0 saturated carbocycles. The maximum Gasteiger partial charge on any atom is 3.00 e. The van der Waals surface area contributed by atoms with E-state index < -0.39 is 32.5 Å². The van der Waals surface area contributed by atoms with Gasteiger partial charge in [-0.15, -0.1) is 0 Å². The van der Waals surface area contributed by atoms with E-state index in [0.29, 0.717) is 0 Å². The van der Waals surface area contributed by atoms with Crippen LogP contribution in [-0.2, 0) is 45.8 Å². The van der Waals surface area contributed by atoms with Crippen LogP contribution < -0.4 is 0 Å². The van der Waals surface area contributed by atoms with Gasteiger partial charge in [-0.1, -0.05) is 125 Å². The van der Waals surface area contributed by atoms with Crippen molar-refractivity contribution in [2.75, 3.05) is 0 Å². The first-order valence-corrected chi connectivity index (χ1v) is 13.8. The van der Waals surface area contributed by atoms with Gasteiger partial charge in [0.2, 0.25) is 0 Å². The monoisotopic (exact) mass is 607 g/mol. The topological polar surface area (TPSA) is 102 Å². The Bertz CT molecular complexity index is 693. The number of carbonyl (C=O) groups is 6. The molecule has 0 aromatic carbocycles. The molecule has 0 rings (SSSR count). The van der Waals surface area contributed by atoms with Crippen LogP contribution in [0.15, 0.2) is 0 Å². The van der Waals surface area contributed by atoms with Gasteiger partial charge in [0.1, 0.15) is 34.7 Å². The van der Waals surface area contributed by atoms with E-state index >= 15 is 0 Å². The zero-order valence-electron chi connectivity index (χ0n) is 28.9. The first-order chi connectivity index (χ1) is 16.6. The Labute approximate surface area is 256 Å². The average Bonchev–Trinajstić information content (AvgIpc) is 2.64. The van der Waals surface area contributed by atoms with Crippen LogP contribution >= 0.6 is 0 Å². The van der Waals surface area contributed by atoms with Crippen LogP contribution in [-0.4, -0.2) is 34.7 Å². The van der Waals surface area contributed by atoms with Gasteiger partial charge < -0.3 is 0 Å². The zero-order valence-corrected chi connectivity index (χ0v) is 30.1. The quantitative estimate of drug-likeness (QED) is 0.225. The Hall–Kier alpha value is -1.46. The van der Waals surface area contributed by atoms with E-state index in [1.165, 1.54) is 0 Å². The normalized spacial score (nSPS) is 12.4. The van der Waals surface area contributed by atoms with Gasteiger partial charge in [-0.25, -0.2) is 0 Å². The van der Waals surface area contributed by atoms with Crippen molar-refractivity contribution in [3.05, 3.63) is 0 Å². The van der Waals surface area contributed by atoms with Crippen LogP contribution in [0.4, 0.5) is 0 Å². The molecule has 0 heterocycles. The summed E-state index contributed by atoms with van der Waals surface area (Å²) in [6.07, 6.45) is 0.187. The molecule has 0 aliphatic rings. The van der Waals surface area contributed by atoms with Gasteiger partial charge >= 0.3 is 17.1 Å². The molecule has 0 fully saturated rings. The van der Waals surface area contributed by atoms with Gasteiger partial charge in [-0.05, 0) is 0 Å². The molecule has 0 atom stereocenters. The fourth-order valence-electron chi connectivity index (χ4n) is 2.03. The summed E-state index contributed by atoms with van der Waals surface area (Å²) in [7, 11) is 0. The number of Topliss-reactive ketones (excluding diaryl/α,β-unsaturated/α-hetero) is 6. The number of rotatable bonds is 6. The maximum atomic E-state index is 11.5. The van der Waals surface area contributed by atoms with Crippen molar-refractivity contribution >= 4 is 34.7 Å². The molecule has 0 aromatic rings. The number of hydrogen-bond acceptors (Lipinski definition) is 6. The molecule has 6 nitrogen and oxygen atoms in total. The van der Waals surface area contributed by atoms with E-state index in [1.807, 2.05) is 125 Å². The summed E-state index contributed by atoms with van der Waals surface area (Å²) in [5.74, 6) is 0.125. The molecule has 0 aliphatic heterocycles. The summed E-state index contributed by atoms with van der Waals surface area (Å²) in [5.41, 5.74) is -2.41. The summed E-state index contributed by atoms with van der Waals surface area (Å²) in [6.45, 7) is 33.1. The molecule has 0 N–H and O–H groups in total. The van der Waals surface area contributed by atoms with Crippen molar-refractivity contribution in [1.29, 1.82) is 0 Å². The summed E-state index contributed by atoms with van der Waals surface area (Å²) < 4.78 is 0. The Kier molecular flexibility index (Phi) is 18.5. The minimum Gasteiger partial charge on any atom is -0.299 e. The zero-order chi connectivity index (χ0) is 32.6. The van der Waals surface area contributed by atoms with Crippen molar-refractivity contribution in [1.82, 2.24) is 0 Å². The minimum absolute atomic E-state index is 0. The number of carbonyl (C=O) groups excluding carboxylic acids is 6.